The van der Waals surface area contributed by atoms with Gasteiger partial charge >= 0.3 is 0 Å². The maximum Gasteiger partial charge on any atom is 0.127 e. The van der Waals surface area contributed by atoms with Gasteiger partial charge in [0.1, 0.15) is 11.5 Å². The zero-order valence-electron chi connectivity index (χ0n) is 25.0. The van der Waals surface area contributed by atoms with Gasteiger partial charge in [0.2, 0.25) is 0 Å². The molecule has 0 aliphatic rings. The van der Waals surface area contributed by atoms with Crippen LogP contribution in [-0.2, 0) is 25.7 Å². The molecule has 0 spiro atoms. The fraction of sp³-hybridized carbons (Fsp3) is 0.667. The normalized spacial score (nSPS) is 11.2. The number of hydrogen-bond acceptors (Lipinski definition) is 1. The molecule has 208 valence electrons. The molecule has 0 N–H and O–H groups in total. The molecular weight excluding hydrogens is 448 g/mol. The predicted octanol–water partition coefficient (Wildman–Crippen LogP) is 12.0. The van der Waals surface area contributed by atoms with Crippen LogP contribution in [-0.4, -0.2) is 0 Å². The van der Waals surface area contributed by atoms with Gasteiger partial charge in [-0.05, 0) is 97.9 Å². The molecule has 0 amide bonds. The quantitative estimate of drug-likeness (QED) is 0.144. The largest absolute Gasteiger partial charge is 0.457 e. The minimum absolute atomic E-state index is 1.01. The summed E-state index contributed by atoms with van der Waals surface area (Å²) in [5.41, 5.74) is 6.10. The highest BCUT2D eigenvalue weighted by Crippen LogP contribution is 2.29. The Bertz CT molecular complexity index is 767. The van der Waals surface area contributed by atoms with Crippen molar-refractivity contribution in [2.24, 2.45) is 0 Å². The van der Waals surface area contributed by atoms with Gasteiger partial charge in [-0.25, -0.2) is 0 Å². The van der Waals surface area contributed by atoms with Crippen molar-refractivity contribution in [3.05, 3.63) is 58.7 Å². The summed E-state index contributed by atoms with van der Waals surface area (Å²) < 4.78 is 6.51. The summed E-state index contributed by atoms with van der Waals surface area (Å²) in [6.45, 7) is 9.17. The lowest BCUT2D eigenvalue weighted by Gasteiger charge is -2.15. The molecule has 0 fully saturated rings. The molecule has 0 aliphatic heterocycles. The molecule has 1 heteroatoms. The van der Waals surface area contributed by atoms with Crippen LogP contribution < -0.4 is 4.74 Å². The van der Waals surface area contributed by atoms with Crippen molar-refractivity contribution >= 4 is 0 Å². The molecule has 0 heterocycles. The SMILES string of the molecule is CCCCCCc1ccc(Oc2ccc(CCCCCC)c(CCCCCC)c2)cc1CCCCCC. The van der Waals surface area contributed by atoms with Gasteiger partial charge in [0.25, 0.3) is 0 Å². The third-order valence-corrected chi connectivity index (χ3v) is 7.79. The predicted molar refractivity (Wildman–Crippen MR) is 164 cm³/mol. The zero-order chi connectivity index (χ0) is 26.6. The van der Waals surface area contributed by atoms with Crippen molar-refractivity contribution in [2.45, 2.75) is 156 Å². The van der Waals surface area contributed by atoms with Crippen LogP contribution in [0.15, 0.2) is 36.4 Å². The summed E-state index contributed by atoms with van der Waals surface area (Å²) >= 11 is 0. The van der Waals surface area contributed by atoms with E-state index in [-0.39, 0.29) is 0 Å². The fourth-order valence-electron chi connectivity index (χ4n) is 5.39. The standard InChI is InChI=1S/C36H58O/c1-5-9-13-17-21-31-25-27-35(29-33(31)23-19-15-11-7-3)37-36-28-26-32(22-18-14-10-6-2)34(30-36)24-20-16-12-8-4/h25-30H,5-24H2,1-4H3. The highest BCUT2D eigenvalue weighted by atomic mass is 16.5. The van der Waals surface area contributed by atoms with E-state index >= 15 is 0 Å². The Hall–Kier alpha value is -1.76. The van der Waals surface area contributed by atoms with Crippen LogP contribution in [0.1, 0.15) is 153 Å². The van der Waals surface area contributed by atoms with Crippen LogP contribution in [0.4, 0.5) is 0 Å². The first kappa shape index (κ1) is 31.5. The summed E-state index contributed by atoms with van der Waals surface area (Å²) in [5.74, 6) is 2.02. The maximum atomic E-state index is 6.51. The Morgan fingerprint density at radius 2 is 0.703 bits per heavy atom. The van der Waals surface area contributed by atoms with Crippen molar-refractivity contribution < 1.29 is 4.74 Å². The highest BCUT2D eigenvalue weighted by Gasteiger charge is 2.09. The number of rotatable bonds is 22. The Morgan fingerprint density at radius 1 is 0.378 bits per heavy atom. The van der Waals surface area contributed by atoms with Crippen molar-refractivity contribution in [2.75, 3.05) is 0 Å². The molecule has 0 radical (unpaired) electrons. The van der Waals surface area contributed by atoms with Crippen LogP contribution in [0.2, 0.25) is 0 Å². The summed E-state index contributed by atoms with van der Waals surface area (Å²) in [7, 11) is 0. The Labute approximate surface area is 230 Å². The van der Waals surface area contributed by atoms with Crippen LogP contribution in [0.25, 0.3) is 0 Å². The van der Waals surface area contributed by atoms with E-state index in [0.29, 0.717) is 0 Å². The minimum atomic E-state index is 1.01. The molecule has 2 aromatic carbocycles. The van der Waals surface area contributed by atoms with Gasteiger partial charge in [0.05, 0.1) is 0 Å². The second-order valence-corrected chi connectivity index (χ2v) is 11.2. The molecule has 0 saturated carbocycles. The first-order chi connectivity index (χ1) is 18.2. The van der Waals surface area contributed by atoms with Crippen LogP contribution in [0.3, 0.4) is 0 Å². The van der Waals surface area contributed by atoms with Crippen LogP contribution >= 0.6 is 0 Å². The second-order valence-electron chi connectivity index (χ2n) is 11.2. The second kappa shape index (κ2) is 20.2. The smallest absolute Gasteiger partial charge is 0.127 e. The molecule has 2 aromatic rings. The summed E-state index contributed by atoms with van der Waals surface area (Å²) in [5, 5.41) is 0. The Balaban J connectivity index is 2.13. The Kier molecular flexibility index (Phi) is 17.2. The van der Waals surface area contributed by atoms with Crippen molar-refractivity contribution in [3.8, 4) is 11.5 Å². The van der Waals surface area contributed by atoms with E-state index in [2.05, 4.69) is 64.1 Å². The summed E-state index contributed by atoms with van der Waals surface area (Å²) in [4.78, 5) is 0. The van der Waals surface area contributed by atoms with E-state index in [0.717, 1.165) is 11.5 Å². The average Bonchev–Trinajstić information content (AvgIpc) is 2.91. The molecule has 1 nitrogen and oxygen atoms in total. The summed E-state index contributed by atoms with van der Waals surface area (Å²) in [6, 6.07) is 13.8. The zero-order valence-corrected chi connectivity index (χ0v) is 25.0. The van der Waals surface area contributed by atoms with Crippen LogP contribution in [0, 0.1) is 0 Å². The molecule has 2 rings (SSSR count). The van der Waals surface area contributed by atoms with E-state index < -0.39 is 0 Å². The molecule has 0 bridgehead atoms. The highest BCUT2D eigenvalue weighted by molar-refractivity contribution is 5.41. The Morgan fingerprint density at radius 3 is 1.03 bits per heavy atom. The lowest BCUT2D eigenvalue weighted by molar-refractivity contribution is 0.480. The fourth-order valence-corrected chi connectivity index (χ4v) is 5.39. The summed E-state index contributed by atoms with van der Waals surface area (Å²) in [6.07, 6.45) is 25.9. The van der Waals surface area contributed by atoms with Crippen molar-refractivity contribution in [1.82, 2.24) is 0 Å². The molecular formula is C36H58O. The average molecular weight is 507 g/mol. The minimum Gasteiger partial charge on any atom is -0.457 e. The van der Waals surface area contributed by atoms with E-state index in [4.69, 9.17) is 4.74 Å². The van der Waals surface area contributed by atoms with Gasteiger partial charge in [0, 0.05) is 0 Å². The van der Waals surface area contributed by atoms with Gasteiger partial charge in [-0.3, -0.25) is 0 Å². The lowest BCUT2D eigenvalue weighted by Crippen LogP contribution is -1.99. The lowest BCUT2D eigenvalue weighted by atomic mass is 9.96. The number of benzene rings is 2. The van der Waals surface area contributed by atoms with Crippen molar-refractivity contribution in [1.29, 1.82) is 0 Å². The molecule has 0 unspecified atom stereocenters. The van der Waals surface area contributed by atoms with E-state index in [9.17, 15) is 0 Å². The van der Waals surface area contributed by atoms with E-state index in [1.807, 2.05) is 0 Å². The van der Waals surface area contributed by atoms with Crippen LogP contribution in [0.5, 0.6) is 11.5 Å². The molecule has 0 atom stereocenters. The van der Waals surface area contributed by atoms with E-state index in [1.165, 1.54) is 140 Å². The van der Waals surface area contributed by atoms with E-state index in [1.54, 1.807) is 11.1 Å². The van der Waals surface area contributed by atoms with Gasteiger partial charge in [-0.15, -0.1) is 0 Å². The van der Waals surface area contributed by atoms with Crippen molar-refractivity contribution in [3.63, 3.8) is 0 Å². The third-order valence-electron chi connectivity index (χ3n) is 7.79. The number of unbranched alkanes of at least 4 members (excludes halogenated alkanes) is 12. The van der Waals surface area contributed by atoms with Gasteiger partial charge in [0.15, 0.2) is 0 Å². The molecule has 0 aliphatic carbocycles. The van der Waals surface area contributed by atoms with Gasteiger partial charge < -0.3 is 4.74 Å². The number of ether oxygens (including phenoxy) is 1. The monoisotopic (exact) mass is 506 g/mol. The number of hydrogen-bond donors (Lipinski definition) is 0. The number of aryl methyl sites for hydroxylation is 4. The molecule has 37 heavy (non-hydrogen) atoms. The first-order valence-electron chi connectivity index (χ1n) is 16.1. The molecule has 0 aromatic heterocycles. The first-order valence-corrected chi connectivity index (χ1v) is 16.1. The van der Waals surface area contributed by atoms with Gasteiger partial charge in [-0.2, -0.15) is 0 Å². The maximum absolute atomic E-state index is 6.51. The molecule has 0 saturated heterocycles. The van der Waals surface area contributed by atoms with Gasteiger partial charge in [-0.1, -0.05) is 117 Å². The topological polar surface area (TPSA) is 9.23 Å². The third kappa shape index (κ3) is 13.0.